The van der Waals surface area contributed by atoms with Gasteiger partial charge in [0, 0.05) is 61.6 Å². The molecule has 0 bridgehead atoms. The van der Waals surface area contributed by atoms with Gasteiger partial charge in [0.25, 0.3) is 0 Å². The molecule has 219 valence electrons. The van der Waals surface area contributed by atoms with Crippen molar-refractivity contribution >= 4 is 43.5 Å². The molecular formula is C37H33IrN3OS-2. The molecule has 4 nitrogen and oxygen atoms in total. The number of fused-ring (bicyclic) bond motifs is 4. The van der Waals surface area contributed by atoms with Crippen molar-refractivity contribution in [3.8, 4) is 22.5 Å². The summed E-state index contributed by atoms with van der Waals surface area (Å²) in [5, 5.41) is 2.76. The van der Waals surface area contributed by atoms with Crippen molar-refractivity contribution in [3.05, 3.63) is 113 Å². The predicted octanol–water partition coefficient (Wildman–Crippen LogP) is 10.1. The second-order valence-corrected chi connectivity index (χ2v) is 12.7. The van der Waals surface area contributed by atoms with Crippen LogP contribution in [-0.4, -0.2) is 15.0 Å². The molecule has 1 radical (unpaired) electrons. The van der Waals surface area contributed by atoms with Gasteiger partial charge >= 0.3 is 0 Å². The molecule has 0 N–H and O–H groups in total. The van der Waals surface area contributed by atoms with Crippen molar-refractivity contribution in [3.63, 3.8) is 0 Å². The molecule has 0 aliphatic rings. The second kappa shape index (κ2) is 12.5. The van der Waals surface area contributed by atoms with Crippen LogP contribution in [0.5, 0.6) is 0 Å². The van der Waals surface area contributed by atoms with E-state index < -0.39 is 11.8 Å². The zero-order valence-electron chi connectivity index (χ0n) is 27.0. The molecule has 2 aromatic carbocycles. The Morgan fingerprint density at radius 2 is 1.74 bits per heavy atom. The Hall–Kier alpha value is -3.70. The van der Waals surface area contributed by atoms with Crippen LogP contribution in [0.3, 0.4) is 0 Å². The number of benzene rings is 2. The molecule has 7 rings (SSSR count). The van der Waals surface area contributed by atoms with E-state index in [0.717, 1.165) is 48.3 Å². The number of rotatable bonds is 3. The van der Waals surface area contributed by atoms with Gasteiger partial charge in [-0.25, -0.2) is 4.98 Å². The molecule has 0 amide bonds. The van der Waals surface area contributed by atoms with Gasteiger partial charge in [-0.05, 0) is 73.0 Å². The quantitative estimate of drug-likeness (QED) is 0.168. The number of nitrogens with zero attached hydrogens (tertiary/aromatic N) is 3. The van der Waals surface area contributed by atoms with E-state index in [1.165, 1.54) is 5.56 Å². The van der Waals surface area contributed by atoms with Crippen LogP contribution in [0.15, 0.2) is 83.5 Å². The molecule has 5 heterocycles. The maximum Gasteiger partial charge on any atom is 0.216 e. The van der Waals surface area contributed by atoms with Crippen LogP contribution < -0.4 is 0 Å². The molecular weight excluding hydrogens is 727 g/mol. The van der Waals surface area contributed by atoms with Crippen LogP contribution >= 0.6 is 11.3 Å². The van der Waals surface area contributed by atoms with E-state index in [-0.39, 0.29) is 20.1 Å². The van der Waals surface area contributed by atoms with Gasteiger partial charge in [0.2, 0.25) is 5.71 Å². The molecule has 43 heavy (non-hydrogen) atoms. The van der Waals surface area contributed by atoms with E-state index in [4.69, 9.17) is 12.1 Å². The minimum atomic E-state index is -1.53. The van der Waals surface area contributed by atoms with Crippen LogP contribution in [0.2, 0.25) is 0 Å². The first-order valence-corrected chi connectivity index (χ1v) is 14.8. The monoisotopic (exact) mass is 762 g/mol. The Labute approximate surface area is 273 Å². The smallest absolute Gasteiger partial charge is 0.216 e. The molecule has 0 fully saturated rings. The average molecular weight is 762 g/mol. The SMILES string of the molecule is Cc1ccc(-c2[c-]cccc2)nc1.[2H]C([2H])(c1c(C)sc2ccnc(-c3[c-]ccc4c3oc3nc(C)ccc34)c12)C(C)(C)C.[Ir]. The first kappa shape index (κ1) is 28.1. The second-order valence-electron chi connectivity index (χ2n) is 11.4. The summed E-state index contributed by atoms with van der Waals surface area (Å²) in [7, 11) is 0. The first-order valence-electron chi connectivity index (χ1n) is 14.9. The van der Waals surface area contributed by atoms with Crippen LogP contribution in [0, 0.1) is 38.3 Å². The Morgan fingerprint density at radius 3 is 2.47 bits per heavy atom. The Balaban J connectivity index is 0.000000240. The summed E-state index contributed by atoms with van der Waals surface area (Å²) in [6.45, 7) is 11.8. The summed E-state index contributed by atoms with van der Waals surface area (Å²) < 4.78 is 25.2. The molecule has 0 unspecified atom stereocenters. The van der Waals surface area contributed by atoms with Crippen LogP contribution in [0.25, 0.3) is 54.7 Å². The molecule has 0 saturated heterocycles. The maximum absolute atomic E-state index is 8.99. The first-order chi connectivity index (χ1) is 21.0. The fourth-order valence-electron chi connectivity index (χ4n) is 4.95. The van der Waals surface area contributed by atoms with Crippen LogP contribution in [-0.2, 0) is 26.5 Å². The van der Waals surface area contributed by atoms with Gasteiger partial charge in [0.15, 0.2) is 0 Å². The Kier molecular flexibility index (Phi) is 8.16. The normalized spacial score (nSPS) is 12.4. The summed E-state index contributed by atoms with van der Waals surface area (Å²) in [4.78, 5) is 14.5. The van der Waals surface area contributed by atoms with Crippen molar-refractivity contribution < 1.29 is 27.3 Å². The minimum Gasteiger partial charge on any atom is -0.486 e. The van der Waals surface area contributed by atoms with Crippen molar-refractivity contribution in [2.75, 3.05) is 0 Å². The summed E-state index contributed by atoms with van der Waals surface area (Å²) in [5.74, 6) is 0. The van der Waals surface area contributed by atoms with E-state index >= 15 is 0 Å². The fourth-order valence-corrected chi connectivity index (χ4v) is 5.96. The van der Waals surface area contributed by atoms with E-state index in [2.05, 4.69) is 28.2 Å². The number of hydrogen-bond donors (Lipinski definition) is 0. The van der Waals surface area contributed by atoms with Gasteiger partial charge in [0.05, 0.1) is 5.58 Å². The van der Waals surface area contributed by atoms with Crippen molar-refractivity contribution in [1.29, 1.82) is 0 Å². The maximum atomic E-state index is 8.99. The topological polar surface area (TPSA) is 51.8 Å². The van der Waals surface area contributed by atoms with Gasteiger partial charge in [-0.1, -0.05) is 43.9 Å². The van der Waals surface area contributed by atoms with Crippen molar-refractivity contribution in [1.82, 2.24) is 15.0 Å². The largest absolute Gasteiger partial charge is 0.486 e. The molecule has 0 spiro atoms. The van der Waals surface area contributed by atoms with Crippen LogP contribution in [0.1, 0.15) is 45.2 Å². The van der Waals surface area contributed by atoms with E-state index in [1.54, 1.807) is 17.5 Å². The average Bonchev–Trinajstić information content (AvgIpc) is 3.54. The van der Waals surface area contributed by atoms with Gasteiger partial charge in [-0.15, -0.1) is 65.4 Å². The Morgan fingerprint density at radius 1 is 0.907 bits per heavy atom. The summed E-state index contributed by atoms with van der Waals surface area (Å²) in [6.07, 6.45) is 2.12. The minimum absolute atomic E-state index is 0. The van der Waals surface area contributed by atoms with Gasteiger partial charge in [0.1, 0.15) is 0 Å². The molecule has 0 aliphatic carbocycles. The van der Waals surface area contributed by atoms with Crippen LogP contribution in [0.4, 0.5) is 0 Å². The van der Waals surface area contributed by atoms with Gasteiger partial charge in [-0.2, -0.15) is 0 Å². The third-order valence-corrected chi connectivity index (χ3v) is 7.92. The van der Waals surface area contributed by atoms with Crippen molar-refractivity contribution in [2.45, 2.75) is 47.9 Å². The van der Waals surface area contributed by atoms with Gasteiger partial charge < -0.3 is 14.4 Å². The molecule has 6 heteroatoms. The molecule has 0 aliphatic heterocycles. The van der Waals surface area contributed by atoms with Gasteiger partial charge in [-0.3, -0.25) is 0 Å². The Bertz CT molecular complexity index is 2110. The number of hydrogen-bond acceptors (Lipinski definition) is 5. The third kappa shape index (κ3) is 6.47. The summed E-state index contributed by atoms with van der Waals surface area (Å²) >= 11 is 1.61. The standard InChI is InChI=1S/C25H23N2OS.C12H10N.Ir/c1-14-9-10-17-16-7-6-8-18(23(16)28-24(17)27-14)22-21-19(13-25(3,4)5)15(2)29-20(21)11-12-26-22;1-10-7-8-12(13-9-10)11-5-3-2-4-6-11;/h6-7,9-12H,13H2,1-5H3;2-5,7-9H,1H3;/q2*-1;/i13D2;;. The molecule has 5 aromatic heterocycles. The van der Waals surface area contributed by atoms with E-state index in [0.29, 0.717) is 22.6 Å². The van der Waals surface area contributed by atoms with E-state index in [1.807, 2.05) is 108 Å². The summed E-state index contributed by atoms with van der Waals surface area (Å²) in [6, 6.07) is 28.2. The van der Waals surface area contributed by atoms with E-state index in [9.17, 15) is 0 Å². The number of aryl methyl sites for hydroxylation is 3. The zero-order valence-corrected chi connectivity index (χ0v) is 28.2. The summed E-state index contributed by atoms with van der Waals surface area (Å²) in [5.41, 5.74) is 6.94. The molecule has 0 saturated carbocycles. The number of aromatic nitrogens is 3. The zero-order chi connectivity index (χ0) is 31.2. The van der Waals surface area contributed by atoms with Crippen molar-refractivity contribution in [2.24, 2.45) is 5.41 Å². The molecule has 7 aromatic rings. The number of pyridine rings is 3. The fraction of sp³-hybridized carbons (Fsp3) is 0.216. The third-order valence-electron chi connectivity index (χ3n) is 6.85. The number of thiophene rings is 1. The number of furan rings is 1. The predicted molar refractivity (Wildman–Crippen MR) is 175 cm³/mol. The molecule has 0 atom stereocenters.